The minimum absolute atomic E-state index is 0.204. The number of rotatable bonds is 4. The maximum absolute atomic E-state index is 12.1. The lowest BCUT2D eigenvalue weighted by Gasteiger charge is -2.09. The summed E-state index contributed by atoms with van der Waals surface area (Å²) in [4.78, 5) is 12.1. The second-order valence-corrected chi connectivity index (χ2v) is 4.66. The standard InChI is InChI=1S/C13H14N2O3S/c1-8-6-12(19-15-8)14-13(16)9-4-5-10(17-2)11(7-9)18-3/h4-7H,1-3H3,(H,14,16). The highest BCUT2D eigenvalue weighted by atomic mass is 32.1. The number of aromatic nitrogens is 1. The molecule has 2 rings (SSSR count). The fourth-order valence-electron chi connectivity index (χ4n) is 1.58. The number of aryl methyl sites for hydroxylation is 1. The molecule has 0 aliphatic rings. The Morgan fingerprint density at radius 3 is 2.53 bits per heavy atom. The topological polar surface area (TPSA) is 60.5 Å². The van der Waals surface area contributed by atoms with Crippen LogP contribution in [-0.4, -0.2) is 24.5 Å². The van der Waals surface area contributed by atoms with Gasteiger partial charge in [-0.1, -0.05) is 0 Å². The first-order chi connectivity index (χ1) is 9.13. The summed E-state index contributed by atoms with van der Waals surface area (Å²) in [6, 6.07) is 6.85. The van der Waals surface area contributed by atoms with E-state index in [1.807, 2.05) is 13.0 Å². The molecule has 1 aromatic heterocycles. The van der Waals surface area contributed by atoms with E-state index in [-0.39, 0.29) is 5.91 Å². The second kappa shape index (κ2) is 5.71. The molecule has 19 heavy (non-hydrogen) atoms. The number of ether oxygens (including phenoxy) is 2. The molecule has 0 atom stereocenters. The van der Waals surface area contributed by atoms with E-state index >= 15 is 0 Å². The smallest absolute Gasteiger partial charge is 0.256 e. The highest BCUT2D eigenvalue weighted by molar-refractivity contribution is 7.10. The van der Waals surface area contributed by atoms with E-state index in [2.05, 4.69) is 9.69 Å². The van der Waals surface area contributed by atoms with Gasteiger partial charge in [0.25, 0.3) is 5.91 Å². The number of carbonyl (C=O) groups excluding carboxylic acids is 1. The van der Waals surface area contributed by atoms with Crippen molar-refractivity contribution in [2.24, 2.45) is 0 Å². The van der Waals surface area contributed by atoms with Gasteiger partial charge in [-0.05, 0) is 42.7 Å². The first kappa shape index (κ1) is 13.4. The van der Waals surface area contributed by atoms with E-state index in [0.29, 0.717) is 17.1 Å². The predicted octanol–water partition coefficient (Wildman–Crippen LogP) is 2.72. The molecule has 0 unspecified atom stereocenters. The van der Waals surface area contributed by atoms with Gasteiger partial charge in [0.2, 0.25) is 0 Å². The average molecular weight is 278 g/mol. The Labute approximate surface area is 115 Å². The summed E-state index contributed by atoms with van der Waals surface area (Å²) in [5, 5.41) is 3.51. The van der Waals surface area contributed by atoms with Crippen LogP contribution in [0.5, 0.6) is 11.5 Å². The van der Waals surface area contributed by atoms with Gasteiger partial charge in [-0.25, -0.2) is 0 Å². The average Bonchev–Trinajstić information content (AvgIpc) is 2.83. The third-order valence-electron chi connectivity index (χ3n) is 2.51. The molecule has 1 heterocycles. The van der Waals surface area contributed by atoms with Crippen LogP contribution in [0, 0.1) is 6.92 Å². The maximum atomic E-state index is 12.1. The Balaban J connectivity index is 2.19. The number of methoxy groups -OCH3 is 2. The largest absolute Gasteiger partial charge is 0.493 e. The van der Waals surface area contributed by atoms with Gasteiger partial charge in [0.1, 0.15) is 5.00 Å². The SMILES string of the molecule is COc1ccc(C(=O)Nc2cc(C)ns2)cc1OC. The van der Waals surface area contributed by atoms with Crippen LogP contribution < -0.4 is 14.8 Å². The summed E-state index contributed by atoms with van der Waals surface area (Å²) in [5.41, 5.74) is 1.39. The third kappa shape index (κ3) is 3.03. The van der Waals surface area contributed by atoms with Crippen molar-refractivity contribution in [3.05, 3.63) is 35.5 Å². The molecule has 0 fully saturated rings. The van der Waals surface area contributed by atoms with Crippen molar-refractivity contribution in [2.75, 3.05) is 19.5 Å². The summed E-state index contributed by atoms with van der Waals surface area (Å²) in [5.74, 6) is 0.910. The van der Waals surface area contributed by atoms with Crippen LogP contribution in [0.15, 0.2) is 24.3 Å². The first-order valence-electron chi connectivity index (χ1n) is 5.60. The fourth-order valence-corrected chi connectivity index (χ4v) is 2.24. The molecule has 0 aliphatic carbocycles. The molecule has 0 spiro atoms. The Hall–Kier alpha value is -2.08. The van der Waals surface area contributed by atoms with Gasteiger partial charge in [-0.3, -0.25) is 4.79 Å². The van der Waals surface area contributed by atoms with E-state index in [4.69, 9.17) is 9.47 Å². The Bertz CT molecular complexity index is 595. The van der Waals surface area contributed by atoms with E-state index in [0.717, 1.165) is 10.7 Å². The van der Waals surface area contributed by atoms with Crippen LogP contribution in [0.25, 0.3) is 0 Å². The molecule has 6 heteroatoms. The molecular formula is C13H14N2O3S. The Morgan fingerprint density at radius 1 is 1.21 bits per heavy atom. The molecular weight excluding hydrogens is 264 g/mol. The van der Waals surface area contributed by atoms with Crippen LogP contribution in [0.1, 0.15) is 16.1 Å². The first-order valence-corrected chi connectivity index (χ1v) is 6.38. The van der Waals surface area contributed by atoms with Crippen molar-refractivity contribution >= 4 is 22.4 Å². The Morgan fingerprint density at radius 2 is 1.95 bits per heavy atom. The van der Waals surface area contributed by atoms with Gasteiger partial charge in [0.05, 0.1) is 19.9 Å². The maximum Gasteiger partial charge on any atom is 0.256 e. The number of carbonyl (C=O) groups is 1. The quantitative estimate of drug-likeness (QED) is 0.934. The van der Waals surface area contributed by atoms with Crippen LogP contribution in [-0.2, 0) is 0 Å². The molecule has 0 saturated carbocycles. The summed E-state index contributed by atoms with van der Waals surface area (Å²) < 4.78 is 14.4. The van der Waals surface area contributed by atoms with E-state index < -0.39 is 0 Å². The van der Waals surface area contributed by atoms with Crippen LogP contribution in [0.2, 0.25) is 0 Å². The zero-order valence-corrected chi connectivity index (χ0v) is 11.7. The summed E-state index contributed by atoms with van der Waals surface area (Å²) in [6.07, 6.45) is 0. The van der Waals surface area contributed by atoms with Crippen LogP contribution in [0.4, 0.5) is 5.00 Å². The molecule has 0 radical (unpaired) electrons. The van der Waals surface area contributed by atoms with Crippen molar-refractivity contribution in [1.29, 1.82) is 0 Å². The molecule has 5 nitrogen and oxygen atoms in total. The monoisotopic (exact) mass is 278 g/mol. The van der Waals surface area contributed by atoms with Crippen molar-refractivity contribution in [2.45, 2.75) is 6.92 Å². The number of nitrogens with zero attached hydrogens (tertiary/aromatic N) is 1. The van der Waals surface area contributed by atoms with Crippen LogP contribution in [0.3, 0.4) is 0 Å². The molecule has 1 aromatic carbocycles. The fraction of sp³-hybridized carbons (Fsp3) is 0.231. The molecule has 100 valence electrons. The summed E-state index contributed by atoms with van der Waals surface area (Å²) >= 11 is 1.25. The number of nitrogens with one attached hydrogen (secondary N) is 1. The summed E-state index contributed by atoms with van der Waals surface area (Å²) in [6.45, 7) is 1.88. The normalized spacial score (nSPS) is 10.1. The Kier molecular flexibility index (Phi) is 4.01. The molecule has 0 bridgehead atoms. The lowest BCUT2D eigenvalue weighted by molar-refractivity contribution is 0.102. The number of benzene rings is 1. The summed E-state index contributed by atoms with van der Waals surface area (Å²) in [7, 11) is 3.09. The lowest BCUT2D eigenvalue weighted by Crippen LogP contribution is -2.11. The molecule has 0 saturated heterocycles. The van der Waals surface area contributed by atoms with Crippen molar-refractivity contribution in [3.8, 4) is 11.5 Å². The zero-order chi connectivity index (χ0) is 13.8. The second-order valence-electron chi connectivity index (χ2n) is 3.86. The van der Waals surface area contributed by atoms with Crippen molar-refractivity contribution in [3.63, 3.8) is 0 Å². The van der Waals surface area contributed by atoms with Crippen LogP contribution >= 0.6 is 11.5 Å². The van der Waals surface area contributed by atoms with E-state index in [1.54, 1.807) is 25.3 Å². The van der Waals surface area contributed by atoms with Gasteiger partial charge in [-0.2, -0.15) is 4.37 Å². The zero-order valence-electron chi connectivity index (χ0n) is 10.9. The van der Waals surface area contributed by atoms with E-state index in [1.165, 1.54) is 18.6 Å². The minimum atomic E-state index is -0.204. The van der Waals surface area contributed by atoms with E-state index in [9.17, 15) is 4.79 Å². The number of hydrogen-bond acceptors (Lipinski definition) is 5. The number of amides is 1. The highest BCUT2D eigenvalue weighted by Crippen LogP contribution is 2.28. The van der Waals surface area contributed by atoms with Gasteiger partial charge in [0, 0.05) is 5.56 Å². The van der Waals surface area contributed by atoms with Gasteiger partial charge in [-0.15, -0.1) is 0 Å². The number of hydrogen-bond donors (Lipinski definition) is 1. The van der Waals surface area contributed by atoms with Crippen molar-refractivity contribution in [1.82, 2.24) is 4.37 Å². The molecule has 1 amide bonds. The molecule has 1 N–H and O–H groups in total. The van der Waals surface area contributed by atoms with Gasteiger partial charge in [0.15, 0.2) is 11.5 Å². The number of anilines is 1. The van der Waals surface area contributed by atoms with Crippen molar-refractivity contribution < 1.29 is 14.3 Å². The molecule has 0 aliphatic heterocycles. The van der Waals surface area contributed by atoms with Gasteiger partial charge < -0.3 is 14.8 Å². The third-order valence-corrected chi connectivity index (χ3v) is 3.31. The minimum Gasteiger partial charge on any atom is -0.493 e. The van der Waals surface area contributed by atoms with Gasteiger partial charge >= 0.3 is 0 Å². The lowest BCUT2D eigenvalue weighted by atomic mass is 10.2. The predicted molar refractivity (Wildman–Crippen MR) is 74.4 cm³/mol. The highest BCUT2D eigenvalue weighted by Gasteiger charge is 2.11. The molecule has 2 aromatic rings.